The zero-order valence-electron chi connectivity index (χ0n) is 8.95. The van der Waals surface area contributed by atoms with Crippen LogP contribution in [0.15, 0.2) is 40.9 Å². The summed E-state index contributed by atoms with van der Waals surface area (Å²) in [6, 6.07) is 7.37. The molecular formula is C13H13FNO-. The van der Waals surface area contributed by atoms with Gasteiger partial charge in [0.05, 0.1) is 0 Å². The zero-order valence-corrected chi connectivity index (χ0v) is 8.95. The molecule has 1 aliphatic heterocycles. The van der Waals surface area contributed by atoms with Crippen LogP contribution in [0.5, 0.6) is 0 Å². The highest BCUT2D eigenvalue weighted by Gasteiger charge is 2.05. The Labute approximate surface area is 94.1 Å². The molecule has 0 saturated carbocycles. The van der Waals surface area contributed by atoms with Gasteiger partial charge in [0.25, 0.3) is 0 Å². The number of hydrogen-bond donors (Lipinski definition) is 0. The van der Waals surface area contributed by atoms with Gasteiger partial charge in [0.15, 0.2) is 0 Å². The summed E-state index contributed by atoms with van der Waals surface area (Å²) in [5.74, 6) is -0.113. The molecule has 1 aliphatic rings. The smallest absolute Gasteiger partial charge is 0.115 e. The molecular weight excluding hydrogens is 205 g/mol. The van der Waals surface area contributed by atoms with Crippen molar-refractivity contribution < 1.29 is 9.50 Å². The molecule has 1 heterocycles. The second kappa shape index (κ2) is 4.92. The van der Waals surface area contributed by atoms with Gasteiger partial charge in [0.1, 0.15) is 6.67 Å². The summed E-state index contributed by atoms with van der Waals surface area (Å²) in [5, 5.41) is 11.2. The lowest BCUT2D eigenvalue weighted by Crippen LogP contribution is -2.16. The summed E-state index contributed by atoms with van der Waals surface area (Å²) in [7, 11) is 0. The first kappa shape index (κ1) is 10.9. The van der Waals surface area contributed by atoms with Gasteiger partial charge in [0.2, 0.25) is 0 Å². The highest BCUT2D eigenvalue weighted by Crippen LogP contribution is 2.15. The van der Waals surface area contributed by atoms with Crippen LogP contribution in [-0.4, -0.2) is 12.4 Å². The van der Waals surface area contributed by atoms with Crippen molar-refractivity contribution in [1.82, 2.24) is 0 Å². The maximum atomic E-state index is 12.7. The van der Waals surface area contributed by atoms with Crippen molar-refractivity contribution in [1.29, 1.82) is 0 Å². The Kier molecular flexibility index (Phi) is 3.34. The summed E-state index contributed by atoms with van der Waals surface area (Å²) < 4.78 is 12.7. The minimum atomic E-state index is -0.461. The van der Waals surface area contributed by atoms with Crippen molar-refractivity contribution >= 4 is 5.90 Å². The van der Waals surface area contributed by atoms with Gasteiger partial charge in [-0.25, -0.2) is 4.39 Å². The van der Waals surface area contributed by atoms with Crippen molar-refractivity contribution in [3.8, 4) is 0 Å². The Bertz CT molecular complexity index is 437. The third-order valence-electron chi connectivity index (χ3n) is 2.74. The lowest BCUT2D eigenvalue weighted by Gasteiger charge is -2.08. The van der Waals surface area contributed by atoms with Crippen LogP contribution < -0.4 is 5.11 Å². The number of benzene rings is 1. The van der Waals surface area contributed by atoms with Crippen LogP contribution in [0.1, 0.15) is 17.5 Å². The normalized spacial score (nSPS) is 17.8. The number of hydrogen-bond acceptors (Lipinski definition) is 2. The first-order chi connectivity index (χ1) is 7.81. The van der Waals surface area contributed by atoms with E-state index in [-0.39, 0.29) is 5.90 Å². The lowest BCUT2D eigenvalue weighted by molar-refractivity contribution is -0.212. The van der Waals surface area contributed by atoms with Crippen LogP contribution >= 0.6 is 0 Å². The first-order valence-electron chi connectivity index (χ1n) is 5.35. The Hall–Kier alpha value is -1.64. The van der Waals surface area contributed by atoms with E-state index in [0.29, 0.717) is 18.5 Å². The van der Waals surface area contributed by atoms with Crippen molar-refractivity contribution in [2.45, 2.75) is 19.5 Å². The van der Waals surface area contributed by atoms with Crippen LogP contribution in [0.3, 0.4) is 0 Å². The number of allylic oxidation sites excluding steroid dienone is 1. The third-order valence-corrected chi connectivity index (χ3v) is 2.74. The summed E-state index contributed by atoms with van der Waals surface area (Å²) in [6.45, 7) is 0.132. The molecule has 0 N–H and O–H groups in total. The molecule has 2 nitrogen and oxygen atoms in total. The third kappa shape index (κ3) is 2.30. The first-order valence-corrected chi connectivity index (χ1v) is 5.35. The fourth-order valence-electron chi connectivity index (χ4n) is 1.80. The molecule has 0 fully saturated rings. The molecule has 0 radical (unpaired) electrons. The highest BCUT2D eigenvalue weighted by atomic mass is 19.1. The van der Waals surface area contributed by atoms with Crippen LogP contribution in [0.4, 0.5) is 4.39 Å². The molecule has 0 bridgehead atoms. The van der Waals surface area contributed by atoms with Crippen LogP contribution in [0, 0.1) is 0 Å². The van der Waals surface area contributed by atoms with Crippen molar-refractivity contribution in [3.63, 3.8) is 0 Å². The predicted molar refractivity (Wildman–Crippen MR) is 60.0 cm³/mol. The van der Waals surface area contributed by atoms with E-state index in [1.165, 1.54) is 0 Å². The fraction of sp³-hybridized carbons (Fsp3) is 0.308. The monoisotopic (exact) mass is 218 g/mol. The SMILES string of the molecule is [O-]C1=NCC/C1=C\Cc1ccccc1CF. The van der Waals surface area contributed by atoms with Crippen LogP contribution in [-0.2, 0) is 13.1 Å². The Morgan fingerprint density at radius 3 is 2.69 bits per heavy atom. The predicted octanol–water partition coefficient (Wildman–Crippen LogP) is 1.79. The van der Waals surface area contributed by atoms with Gasteiger partial charge < -0.3 is 10.1 Å². The number of rotatable bonds is 3. The summed E-state index contributed by atoms with van der Waals surface area (Å²) >= 11 is 0. The molecule has 0 spiro atoms. The molecule has 3 heteroatoms. The number of aliphatic imine (C=N–C) groups is 1. The largest absolute Gasteiger partial charge is 0.859 e. The van der Waals surface area contributed by atoms with E-state index >= 15 is 0 Å². The summed E-state index contributed by atoms with van der Waals surface area (Å²) in [5.41, 5.74) is 2.40. The second-order valence-corrected chi connectivity index (χ2v) is 3.77. The van der Waals surface area contributed by atoms with Crippen molar-refractivity contribution in [2.24, 2.45) is 4.99 Å². The average molecular weight is 218 g/mol. The maximum absolute atomic E-state index is 12.7. The Morgan fingerprint density at radius 2 is 2.06 bits per heavy atom. The van der Waals surface area contributed by atoms with Crippen molar-refractivity contribution in [3.05, 3.63) is 47.0 Å². The second-order valence-electron chi connectivity index (χ2n) is 3.77. The van der Waals surface area contributed by atoms with Gasteiger partial charge in [-0.1, -0.05) is 30.3 Å². The molecule has 2 rings (SSSR count). The highest BCUT2D eigenvalue weighted by molar-refractivity contribution is 5.91. The molecule has 0 saturated heterocycles. The molecule has 0 amide bonds. The minimum Gasteiger partial charge on any atom is -0.859 e. The van der Waals surface area contributed by atoms with Gasteiger partial charge in [-0.3, -0.25) is 0 Å². The number of alkyl halides is 1. The van der Waals surface area contributed by atoms with E-state index in [2.05, 4.69) is 4.99 Å². The van der Waals surface area contributed by atoms with Crippen molar-refractivity contribution in [2.75, 3.05) is 6.54 Å². The maximum Gasteiger partial charge on any atom is 0.115 e. The molecule has 0 aromatic heterocycles. The van der Waals surface area contributed by atoms with E-state index in [0.717, 1.165) is 17.6 Å². The molecule has 0 atom stereocenters. The van der Waals surface area contributed by atoms with E-state index in [1.807, 2.05) is 24.3 Å². The van der Waals surface area contributed by atoms with Gasteiger partial charge in [0, 0.05) is 6.54 Å². The Balaban J connectivity index is 2.13. The van der Waals surface area contributed by atoms with Gasteiger partial charge in [-0.15, -0.1) is 0 Å². The zero-order chi connectivity index (χ0) is 11.4. The number of nitrogens with zero attached hydrogens (tertiary/aromatic N) is 1. The molecule has 0 unspecified atom stereocenters. The van der Waals surface area contributed by atoms with Gasteiger partial charge >= 0.3 is 0 Å². The molecule has 1 aromatic rings. The van der Waals surface area contributed by atoms with E-state index < -0.39 is 6.67 Å². The molecule has 84 valence electrons. The van der Waals surface area contributed by atoms with Crippen LogP contribution in [0.2, 0.25) is 0 Å². The van der Waals surface area contributed by atoms with E-state index in [9.17, 15) is 9.50 Å². The van der Waals surface area contributed by atoms with Gasteiger partial charge in [-0.05, 0) is 35.4 Å². The molecule has 16 heavy (non-hydrogen) atoms. The van der Waals surface area contributed by atoms with Gasteiger partial charge in [-0.2, -0.15) is 0 Å². The van der Waals surface area contributed by atoms with Crippen LogP contribution in [0.25, 0.3) is 0 Å². The summed E-state index contributed by atoms with van der Waals surface area (Å²) in [4.78, 5) is 3.79. The minimum absolute atomic E-state index is 0.113. The Morgan fingerprint density at radius 1 is 1.31 bits per heavy atom. The molecule has 0 aliphatic carbocycles. The fourth-order valence-corrected chi connectivity index (χ4v) is 1.80. The standard InChI is InChI=1S/C13H14FNO/c14-9-12-4-2-1-3-10(12)5-6-11-7-8-15-13(11)16/h1-4,6H,5,7-9H2,(H,15,16)/p-1/b11-6+. The topological polar surface area (TPSA) is 35.4 Å². The molecule has 1 aromatic carbocycles. The lowest BCUT2D eigenvalue weighted by atomic mass is 10.0. The average Bonchev–Trinajstić information content (AvgIpc) is 2.72. The number of halogens is 1. The summed E-state index contributed by atoms with van der Waals surface area (Å²) in [6.07, 6.45) is 3.20. The van der Waals surface area contributed by atoms with E-state index in [1.54, 1.807) is 6.07 Å². The van der Waals surface area contributed by atoms with E-state index in [4.69, 9.17) is 0 Å². The quantitative estimate of drug-likeness (QED) is 0.761.